The normalized spacial score (nSPS) is 15.2. The molecule has 1 fully saturated rings. The molecule has 17 heteroatoms. The molecule has 1 saturated heterocycles. The average Bonchev–Trinajstić information content (AvgIpc) is 3.84. The van der Waals surface area contributed by atoms with Crippen molar-refractivity contribution in [2.24, 2.45) is 5.73 Å². The van der Waals surface area contributed by atoms with E-state index in [1.54, 1.807) is 6.92 Å². The molecule has 7 rings (SSSR count). The third-order valence-electron chi connectivity index (χ3n) is 11.6. The summed E-state index contributed by atoms with van der Waals surface area (Å²) < 4.78 is 21.6. The Hall–Kier alpha value is -6.82. The summed E-state index contributed by atoms with van der Waals surface area (Å²) in [4.78, 5) is 75.0. The predicted molar refractivity (Wildman–Crippen MR) is 251 cm³/mol. The Morgan fingerprint density at radius 1 is 0.731 bits per heavy atom. The maximum atomic E-state index is 12.5. The van der Waals surface area contributed by atoms with Gasteiger partial charge in [0.15, 0.2) is 0 Å². The van der Waals surface area contributed by atoms with Gasteiger partial charge in [-0.15, -0.1) is 0 Å². The summed E-state index contributed by atoms with van der Waals surface area (Å²) in [6.45, 7) is 6.51. The Kier molecular flexibility index (Phi) is 19.7. The molecule has 4 aromatic rings. The lowest BCUT2D eigenvalue weighted by atomic mass is 9.98. The van der Waals surface area contributed by atoms with E-state index < -0.39 is 42.4 Å². The first-order valence-corrected chi connectivity index (χ1v) is 22.5. The summed E-state index contributed by atoms with van der Waals surface area (Å²) in [6.07, 6.45) is -1.21. The summed E-state index contributed by atoms with van der Waals surface area (Å²) in [6, 6.07) is 29.6. The zero-order valence-electron chi connectivity index (χ0n) is 38.5. The van der Waals surface area contributed by atoms with E-state index in [9.17, 15) is 33.9 Å². The maximum absolute atomic E-state index is 12.5. The molecule has 4 aromatic carbocycles. The van der Waals surface area contributed by atoms with Crippen LogP contribution in [0.4, 0.5) is 9.59 Å². The molecule has 3 aliphatic rings. The van der Waals surface area contributed by atoms with Crippen LogP contribution in [-0.2, 0) is 38.1 Å². The topological polar surface area (TPSA) is 237 Å². The van der Waals surface area contributed by atoms with Gasteiger partial charge >= 0.3 is 18.2 Å². The molecule has 0 bridgehead atoms. The maximum Gasteiger partial charge on any atom is 0.407 e. The number of carbonyl (C=O) groups is 6. The van der Waals surface area contributed by atoms with Gasteiger partial charge in [-0.2, -0.15) is 0 Å². The third kappa shape index (κ3) is 13.6. The van der Waals surface area contributed by atoms with E-state index in [1.807, 2.05) is 91.9 Å². The number of hydrogen-bond acceptors (Lipinski definition) is 11. The summed E-state index contributed by atoms with van der Waals surface area (Å²) >= 11 is 0. The fourth-order valence-electron chi connectivity index (χ4n) is 8.33. The Balaban J connectivity index is 0.000000242. The summed E-state index contributed by atoms with van der Waals surface area (Å²) in [5, 5.41) is 19.6. The predicted octanol–water partition coefficient (Wildman–Crippen LogP) is 5.11. The quantitative estimate of drug-likeness (QED) is 0.0759. The number of rotatable bonds is 17. The van der Waals surface area contributed by atoms with Gasteiger partial charge in [-0.05, 0) is 78.2 Å². The highest BCUT2D eigenvalue weighted by molar-refractivity contribution is 5.91. The molecule has 3 atom stereocenters. The number of benzene rings is 4. The second-order valence-corrected chi connectivity index (χ2v) is 15.7. The molecule has 17 nitrogen and oxygen atoms in total. The van der Waals surface area contributed by atoms with Gasteiger partial charge in [-0.25, -0.2) is 14.4 Å². The highest BCUT2D eigenvalue weighted by atomic mass is 16.6. The number of nitrogens with two attached hydrogens (primary N) is 1. The molecule has 1 aliphatic heterocycles. The van der Waals surface area contributed by atoms with E-state index in [2.05, 4.69) is 39.1 Å². The van der Waals surface area contributed by atoms with Crippen molar-refractivity contribution in [3.8, 4) is 22.3 Å². The molecule has 1 heterocycles. The fraction of sp³-hybridized carbons (Fsp3) is 0.400. The van der Waals surface area contributed by atoms with Crippen molar-refractivity contribution in [3.05, 3.63) is 119 Å². The molecule has 0 spiro atoms. The SMILES string of the molecule is CC1OCCCN1C(=O)CC(NC(=O)OCC1c2ccccc2-c2ccccc21)C(=O)O.CCOCCCNC(=O)CC(NC(=O)OCC1c2ccccc2-c2ccccc21)C(=O)NC.CN. The summed E-state index contributed by atoms with van der Waals surface area (Å²) in [5.74, 6) is -2.70. The standard InChI is InChI=1S/C25H31N3O5.C24H26N2O6.CH5N/c1-3-32-14-8-13-27-23(29)15-22(24(30)26-2)28-25(31)33-16-21-19-11-6-4-9-17(19)18-10-5-7-12-20(18)21;1-15-26(11-6-12-31-15)22(27)13-21(23(28)29)25-24(30)32-14-20-18-9-4-2-7-16(18)17-8-3-5-10-19(17)20;1-2/h4-7,9-12,21-22H,3,8,13-16H2,1-2H3,(H,26,30)(H,27,29)(H,28,31);2-5,7-10,15,20-21H,6,11-14H2,1H3,(H,25,30)(H,28,29);2H2,1H3. The lowest BCUT2D eigenvalue weighted by Crippen LogP contribution is -2.49. The Morgan fingerprint density at radius 2 is 1.19 bits per heavy atom. The van der Waals surface area contributed by atoms with Gasteiger partial charge in [0, 0.05) is 45.2 Å². The highest BCUT2D eigenvalue weighted by Gasteiger charge is 2.33. The van der Waals surface area contributed by atoms with Crippen molar-refractivity contribution in [2.75, 3.05) is 60.2 Å². The smallest absolute Gasteiger partial charge is 0.407 e. The van der Waals surface area contributed by atoms with Crippen molar-refractivity contribution >= 4 is 35.9 Å². The number of hydrogen-bond donors (Lipinski definition) is 6. The molecular weight excluding hydrogens is 861 g/mol. The molecule has 0 aromatic heterocycles. The van der Waals surface area contributed by atoms with Crippen LogP contribution in [0.1, 0.15) is 73.6 Å². The van der Waals surface area contributed by atoms with Crippen LogP contribution in [0.5, 0.6) is 0 Å². The Bertz CT molecular complexity index is 2230. The van der Waals surface area contributed by atoms with E-state index >= 15 is 0 Å². The number of likely N-dealkylation sites (N-methyl/N-ethyl adjacent to an activating group) is 1. The Labute approximate surface area is 391 Å². The minimum atomic E-state index is -1.38. The first-order chi connectivity index (χ1) is 32.5. The van der Waals surface area contributed by atoms with Gasteiger partial charge in [0.1, 0.15) is 31.5 Å². The van der Waals surface area contributed by atoms with Crippen molar-refractivity contribution in [1.29, 1.82) is 0 Å². The van der Waals surface area contributed by atoms with Crippen LogP contribution in [0.2, 0.25) is 0 Å². The summed E-state index contributed by atoms with van der Waals surface area (Å²) in [5.41, 5.74) is 13.3. The number of amides is 5. The number of fused-ring (bicyclic) bond motifs is 6. The van der Waals surface area contributed by atoms with Crippen LogP contribution >= 0.6 is 0 Å². The van der Waals surface area contributed by atoms with Crippen LogP contribution in [-0.4, -0.2) is 124 Å². The highest BCUT2D eigenvalue weighted by Crippen LogP contribution is 2.45. The van der Waals surface area contributed by atoms with Gasteiger partial charge in [0.25, 0.3) is 0 Å². The second-order valence-electron chi connectivity index (χ2n) is 15.7. The number of aliphatic carboxylic acids is 1. The molecule has 5 amide bonds. The monoisotopic (exact) mass is 922 g/mol. The second kappa shape index (κ2) is 25.8. The molecule has 358 valence electrons. The van der Waals surface area contributed by atoms with E-state index in [-0.39, 0.29) is 49.7 Å². The minimum absolute atomic E-state index is 0.0666. The summed E-state index contributed by atoms with van der Waals surface area (Å²) in [7, 11) is 2.95. The van der Waals surface area contributed by atoms with Crippen LogP contribution in [0.25, 0.3) is 22.3 Å². The average molecular weight is 923 g/mol. The lowest BCUT2D eigenvalue weighted by molar-refractivity contribution is -0.155. The Morgan fingerprint density at radius 3 is 1.63 bits per heavy atom. The van der Waals surface area contributed by atoms with E-state index in [0.29, 0.717) is 45.8 Å². The van der Waals surface area contributed by atoms with E-state index in [4.69, 9.17) is 18.9 Å². The van der Waals surface area contributed by atoms with Crippen molar-refractivity contribution in [2.45, 2.75) is 69.7 Å². The third-order valence-corrected chi connectivity index (χ3v) is 11.6. The minimum Gasteiger partial charge on any atom is -0.480 e. The van der Waals surface area contributed by atoms with Crippen molar-refractivity contribution < 1.29 is 52.8 Å². The van der Waals surface area contributed by atoms with Gasteiger partial charge in [-0.1, -0.05) is 97.1 Å². The van der Waals surface area contributed by atoms with Gasteiger partial charge < -0.3 is 56.0 Å². The molecule has 3 unspecified atom stereocenters. The number of nitrogens with zero attached hydrogens (tertiary/aromatic N) is 1. The fourth-order valence-corrected chi connectivity index (χ4v) is 8.33. The first kappa shape index (κ1) is 51.2. The number of ether oxygens (including phenoxy) is 4. The molecular formula is C50H62N6O11. The van der Waals surface area contributed by atoms with Gasteiger partial charge in [-0.3, -0.25) is 14.4 Å². The van der Waals surface area contributed by atoms with E-state index in [1.165, 1.54) is 19.0 Å². The zero-order chi connectivity index (χ0) is 48.3. The van der Waals surface area contributed by atoms with Crippen LogP contribution in [0, 0.1) is 0 Å². The van der Waals surface area contributed by atoms with E-state index in [0.717, 1.165) is 44.5 Å². The van der Waals surface area contributed by atoms with Crippen molar-refractivity contribution in [3.63, 3.8) is 0 Å². The zero-order valence-corrected chi connectivity index (χ0v) is 38.5. The van der Waals surface area contributed by atoms with Crippen LogP contribution < -0.4 is 27.0 Å². The number of carboxylic acids is 1. The van der Waals surface area contributed by atoms with Gasteiger partial charge in [0.05, 0.1) is 19.4 Å². The molecule has 0 radical (unpaired) electrons. The molecule has 2 aliphatic carbocycles. The molecule has 0 saturated carbocycles. The number of alkyl carbamates (subject to hydrolysis) is 2. The number of carbonyl (C=O) groups excluding carboxylic acids is 5. The number of nitrogens with one attached hydrogen (secondary N) is 4. The van der Waals surface area contributed by atoms with Crippen LogP contribution in [0.3, 0.4) is 0 Å². The van der Waals surface area contributed by atoms with Gasteiger partial charge in [0.2, 0.25) is 17.7 Å². The first-order valence-electron chi connectivity index (χ1n) is 22.5. The van der Waals surface area contributed by atoms with Crippen molar-refractivity contribution in [1.82, 2.24) is 26.2 Å². The molecule has 67 heavy (non-hydrogen) atoms. The van der Waals surface area contributed by atoms with Crippen LogP contribution in [0.15, 0.2) is 97.1 Å². The molecule has 7 N–H and O–H groups in total. The largest absolute Gasteiger partial charge is 0.480 e. The number of carboxylic acid groups (broad SMARTS) is 1. The lowest BCUT2D eigenvalue weighted by Gasteiger charge is -2.34.